The Bertz CT molecular complexity index is 679. The van der Waals surface area contributed by atoms with Gasteiger partial charge < -0.3 is 5.32 Å². The van der Waals surface area contributed by atoms with E-state index >= 15 is 0 Å². The van der Waals surface area contributed by atoms with Crippen molar-refractivity contribution < 1.29 is 4.79 Å². The maximum absolute atomic E-state index is 12.3. The first kappa shape index (κ1) is 18.0. The number of halogens is 1. The molecule has 132 valence electrons. The van der Waals surface area contributed by atoms with Gasteiger partial charge >= 0.3 is 0 Å². The number of piperidine rings is 1. The number of carbonyl (C=O) groups excluding carboxylic acids is 1. The lowest BCUT2D eigenvalue weighted by Gasteiger charge is -2.32. The number of rotatable bonds is 5. The van der Waals surface area contributed by atoms with Crippen LogP contribution in [0.1, 0.15) is 42.9 Å². The van der Waals surface area contributed by atoms with E-state index in [9.17, 15) is 4.79 Å². The Hall–Kier alpha value is -1.84. The minimum absolute atomic E-state index is 0.00776. The predicted octanol–water partition coefficient (Wildman–Crippen LogP) is 4.40. The van der Waals surface area contributed by atoms with Crippen molar-refractivity contribution >= 4 is 17.5 Å². The molecule has 0 aromatic heterocycles. The quantitative estimate of drug-likeness (QED) is 0.861. The normalized spacial score (nSPS) is 17.2. The van der Waals surface area contributed by atoms with Gasteiger partial charge in [0.05, 0.1) is 12.6 Å². The number of nitrogens with zero attached hydrogens (tertiary/aromatic N) is 1. The third kappa shape index (κ3) is 5.07. The van der Waals surface area contributed by atoms with Crippen LogP contribution in [0.5, 0.6) is 0 Å². The lowest BCUT2D eigenvalue weighted by molar-refractivity contribution is -0.123. The van der Waals surface area contributed by atoms with Gasteiger partial charge in [0.2, 0.25) is 5.91 Å². The van der Waals surface area contributed by atoms with Crippen molar-refractivity contribution in [3.8, 4) is 0 Å². The second kappa shape index (κ2) is 8.50. The van der Waals surface area contributed by atoms with Crippen LogP contribution in [0.15, 0.2) is 54.6 Å². The molecule has 3 rings (SSSR count). The Morgan fingerprint density at radius 1 is 1.12 bits per heavy atom. The second-order valence-electron chi connectivity index (χ2n) is 6.80. The molecule has 3 nitrogen and oxygen atoms in total. The van der Waals surface area contributed by atoms with E-state index in [1.54, 1.807) is 0 Å². The average Bonchev–Trinajstić information content (AvgIpc) is 2.63. The Balaban J connectivity index is 1.45. The van der Waals surface area contributed by atoms with E-state index in [4.69, 9.17) is 11.6 Å². The van der Waals surface area contributed by atoms with Gasteiger partial charge in [-0.3, -0.25) is 9.69 Å². The largest absolute Gasteiger partial charge is 0.348 e. The van der Waals surface area contributed by atoms with Crippen molar-refractivity contribution in [2.45, 2.75) is 31.7 Å². The van der Waals surface area contributed by atoms with Crippen LogP contribution in [0.3, 0.4) is 0 Å². The summed E-state index contributed by atoms with van der Waals surface area (Å²) in [4.78, 5) is 14.6. The number of nitrogens with one attached hydrogen (secondary N) is 1. The van der Waals surface area contributed by atoms with Gasteiger partial charge in [0, 0.05) is 5.02 Å². The van der Waals surface area contributed by atoms with Gasteiger partial charge in [0.25, 0.3) is 0 Å². The van der Waals surface area contributed by atoms with Crippen molar-refractivity contribution in [2.75, 3.05) is 19.6 Å². The molecule has 0 spiro atoms. The molecule has 1 fully saturated rings. The van der Waals surface area contributed by atoms with Gasteiger partial charge in [-0.15, -0.1) is 0 Å². The molecule has 1 aliphatic rings. The smallest absolute Gasteiger partial charge is 0.234 e. The predicted molar refractivity (Wildman–Crippen MR) is 103 cm³/mol. The summed E-state index contributed by atoms with van der Waals surface area (Å²) in [6.45, 7) is 4.42. The highest BCUT2D eigenvalue weighted by molar-refractivity contribution is 6.30. The molecule has 1 N–H and O–H groups in total. The van der Waals surface area contributed by atoms with Gasteiger partial charge in [-0.05, 0) is 62.0 Å². The molecule has 1 aliphatic heterocycles. The molecule has 0 radical (unpaired) electrons. The topological polar surface area (TPSA) is 32.3 Å². The zero-order valence-corrected chi connectivity index (χ0v) is 15.4. The van der Waals surface area contributed by atoms with Crippen molar-refractivity contribution in [3.05, 3.63) is 70.7 Å². The second-order valence-corrected chi connectivity index (χ2v) is 7.24. The molecule has 2 aromatic rings. The van der Waals surface area contributed by atoms with Gasteiger partial charge in [-0.25, -0.2) is 0 Å². The van der Waals surface area contributed by atoms with Crippen LogP contribution in [0.2, 0.25) is 5.02 Å². The van der Waals surface area contributed by atoms with Crippen LogP contribution in [0, 0.1) is 0 Å². The van der Waals surface area contributed by atoms with Crippen LogP contribution in [-0.2, 0) is 4.79 Å². The molecule has 1 heterocycles. The zero-order chi connectivity index (χ0) is 17.6. The fourth-order valence-electron chi connectivity index (χ4n) is 3.47. The van der Waals surface area contributed by atoms with E-state index in [2.05, 4.69) is 40.5 Å². The average molecular weight is 357 g/mol. The molecular weight excluding hydrogens is 332 g/mol. The van der Waals surface area contributed by atoms with E-state index in [-0.39, 0.29) is 11.9 Å². The van der Waals surface area contributed by atoms with Crippen LogP contribution >= 0.6 is 11.6 Å². The Morgan fingerprint density at radius 3 is 2.40 bits per heavy atom. The van der Waals surface area contributed by atoms with E-state index in [0.717, 1.165) is 31.5 Å². The van der Waals surface area contributed by atoms with Gasteiger partial charge in [0.1, 0.15) is 0 Å². The summed E-state index contributed by atoms with van der Waals surface area (Å²) >= 11 is 5.91. The summed E-state index contributed by atoms with van der Waals surface area (Å²) < 4.78 is 0. The highest BCUT2D eigenvalue weighted by Gasteiger charge is 2.22. The SMILES string of the molecule is CC(NC(=O)CN1CCC(c2ccccc2)CC1)c1ccc(Cl)cc1. The van der Waals surface area contributed by atoms with Crippen molar-refractivity contribution in [3.63, 3.8) is 0 Å². The molecule has 0 saturated carbocycles. The lowest BCUT2D eigenvalue weighted by Crippen LogP contribution is -2.41. The first-order chi connectivity index (χ1) is 12.1. The summed E-state index contributed by atoms with van der Waals surface area (Å²) in [6.07, 6.45) is 2.23. The molecule has 2 aromatic carbocycles. The van der Waals surface area contributed by atoms with E-state index in [1.807, 2.05) is 31.2 Å². The number of likely N-dealkylation sites (tertiary alicyclic amines) is 1. The van der Waals surface area contributed by atoms with Crippen LogP contribution in [0.4, 0.5) is 0 Å². The van der Waals surface area contributed by atoms with Gasteiger partial charge in [-0.2, -0.15) is 0 Å². The monoisotopic (exact) mass is 356 g/mol. The molecule has 4 heteroatoms. The Kier molecular flexibility index (Phi) is 6.11. The van der Waals surface area contributed by atoms with Crippen LogP contribution in [0.25, 0.3) is 0 Å². The minimum Gasteiger partial charge on any atom is -0.348 e. The number of carbonyl (C=O) groups is 1. The van der Waals surface area contributed by atoms with Crippen molar-refractivity contribution in [1.82, 2.24) is 10.2 Å². The molecular formula is C21H25ClN2O. The van der Waals surface area contributed by atoms with Crippen molar-refractivity contribution in [1.29, 1.82) is 0 Å². The van der Waals surface area contributed by atoms with E-state index < -0.39 is 0 Å². The number of amides is 1. The summed E-state index contributed by atoms with van der Waals surface area (Å²) in [5.74, 6) is 0.703. The summed E-state index contributed by atoms with van der Waals surface area (Å²) in [6, 6.07) is 18.3. The highest BCUT2D eigenvalue weighted by Crippen LogP contribution is 2.27. The highest BCUT2D eigenvalue weighted by atomic mass is 35.5. The number of hydrogen-bond acceptors (Lipinski definition) is 2. The van der Waals surface area contributed by atoms with Gasteiger partial charge in [0.15, 0.2) is 0 Å². The third-order valence-corrected chi connectivity index (χ3v) is 5.23. The fraction of sp³-hybridized carbons (Fsp3) is 0.381. The molecule has 1 amide bonds. The summed E-state index contributed by atoms with van der Waals surface area (Å²) in [5, 5.41) is 3.79. The van der Waals surface area contributed by atoms with Crippen LogP contribution in [-0.4, -0.2) is 30.4 Å². The lowest BCUT2D eigenvalue weighted by atomic mass is 9.89. The standard InChI is InChI=1S/C21H25ClN2O/c1-16(17-7-9-20(22)10-8-17)23-21(25)15-24-13-11-19(12-14-24)18-5-3-2-4-6-18/h2-10,16,19H,11-15H2,1H3,(H,23,25). The molecule has 1 atom stereocenters. The Labute approximate surface area is 155 Å². The molecule has 25 heavy (non-hydrogen) atoms. The van der Waals surface area contributed by atoms with Crippen LogP contribution < -0.4 is 5.32 Å². The fourth-order valence-corrected chi connectivity index (χ4v) is 3.60. The minimum atomic E-state index is -0.00776. The van der Waals surface area contributed by atoms with Gasteiger partial charge in [-0.1, -0.05) is 54.1 Å². The van der Waals surface area contributed by atoms with E-state index in [1.165, 1.54) is 5.56 Å². The molecule has 0 bridgehead atoms. The summed E-state index contributed by atoms with van der Waals surface area (Å²) in [5.41, 5.74) is 2.49. The number of benzene rings is 2. The third-order valence-electron chi connectivity index (χ3n) is 4.97. The molecule has 1 unspecified atom stereocenters. The first-order valence-corrected chi connectivity index (χ1v) is 9.32. The first-order valence-electron chi connectivity index (χ1n) is 8.94. The van der Waals surface area contributed by atoms with Crippen molar-refractivity contribution in [2.24, 2.45) is 0 Å². The zero-order valence-electron chi connectivity index (χ0n) is 14.6. The summed E-state index contributed by atoms with van der Waals surface area (Å²) in [7, 11) is 0. The maximum Gasteiger partial charge on any atom is 0.234 e. The number of hydrogen-bond donors (Lipinski definition) is 1. The Morgan fingerprint density at radius 2 is 1.76 bits per heavy atom. The maximum atomic E-state index is 12.3. The molecule has 1 saturated heterocycles. The molecule has 0 aliphatic carbocycles. The van der Waals surface area contributed by atoms with E-state index in [0.29, 0.717) is 17.5 Å².